The van der Waals surface area contributed by atoms with E-state index in [1.165, 1.54) is 14.2 Å². The van der Waals surface area contributed by atoms with E-state index in [0.29, 0.717) is 0 Å². The molecule has 0 aliphatic carbocycles. The average Bonchev–Trinajstić information content (AvgIpc) is 3.05. The van der Waals surface area contributed by atoms with Crippen LogP contribution >= 0.6 is 27.3 Å². The molecule has 2 aliphatic heterocycles. The second-order valence-electron chi connectivity index (χ2n) is 6.38. The van der Waals surface area contributed by atoms with Gasteiger partial charge in [0.15, 0.2) is 5.96 Å². The molecule has 0 aromatic carbocycles. The molecule has 0 amide bonds. The first kappa shape index (κ1) is 18.9. The molecule has 0 radical (unpaired) electrons. The Labute approximate surface area is 162 Å². The molecule has 0 saturated carbocycles. The lowest BCUT2D eigenvalue weighted by Crippen LogP contribution is -2.52. The van der Waals surface area contributed by atoms with E-state index in [-0.39, 0.29) is 0 Å². The summed E-state index contributed by atoms with van der Waals surface area (Å²) < 4.78 is 6.58. The number of thiophene rings is 1. The lowest BCUT2D eigenvalue weighted by atomic mass is 10.1. The van der Waals surface area contributed by atoms with Crippen LogP contribution in [0.25, 0.3) is 0 Å². The first-order valence-corrected chi connectivity index (χ1v) is 10.5. The summed E-state index contributed by atoms with van der Waals surface area (Å²) in [5.74, 6) is 1.03. The maximum absolute atomic E-state index is 5.36. The molecule has 0 spiro atoms. The van der Waals surface area contributed by atoms with E-state index in [1.54, 1.807) is 0 Å². The highest BCUT2D eigenvalue weighted by molar-refractivity contribution is 9.11. The van der Waals surface area contributed by atoms with Crippen molar-refractivity contribution in [1.29, 1.82) is 0 Å². The zero-order chi connectivity index (χ0) is 17.5. The Morgan fingerprint density at radius 1 is 1.32 bits per heavy atom. The third-order valence-corrected chi connectivity index (χ3v) is 6.29. The number of rotatable bonds is 5. The van der Waals surface area contributed by atoms with Gasteiger partial charge in [0.1, 0.15) is 0 Å². The minimum Gasteiger partial charge on any atom is -0.377 e. The second kappa shape index (κ2) is 9.71. The van der Waals surface area contributed by atoms with Crippen LogP contribution in [-0.4, -0.2) is 68.7 Å². The third-order valence-electron chi connectivity index (χ3n) is 4.68. The quantitative estimate of drug-likeness (QED) is 0.446. The number of guanidine groups is 1. The molecule has 3 rings (SSSR count). The van der Waals surface area contributed by atoms with Crippen LogP contribution in [0.5, 0.6) is 0 Å². The second-order valence-corrected chi connectivity index (χ2v) is 8.93. The number of piperazine rings is 1. The van der Waals surface area contributed by atoms with Crippen molar-refractivity contribution in [3.05, 3.63) is 32.4 Å². The molecule has 0 unspecified atom stereocenters. The number of nitrogens with zero attached hydrogens (tertiary/aromatic N) is 3. The molecule has 3 heterocycles. The number of hydrogen-bond acceptors (Lipinski definition) is 4. The van der Waals surface area contributed by atoms with Crippen molar-refractivity contribution in [1.82, 2.24) is 15.1 Å². The molecule has 5 nitrogen and oxygen atoms in total. The first-order valence-electron chi connectivity index (χ1n) is 8.92. The van der Waals surface area contributed by atoms with Gasteiger partial charge in [0.25, 0.3) is 0 Å². The van der Waals surface area contributed by atoms with Crippen molar-refractivity contribution in [2.45, 2.75) is 19.4 Å². The number of ether oxygens (including phenoxy) is 1. The van der Waals surface area contributed by atoms with Gasteiger partial charge in [-0.2, -0.15) is 0 Å². The lowest BCUT2D eigenvalue weighted by Gasteiger charge is -2.36. The SMILES string of the molecule is CN=C(NCCC1=CCOCC1)N1CCN(Cc2ccc(Br)s2)CC1. The highest BCUT2D eigenvalue weighted by atomic mass is 79.9. The molecule has 25 heavy (non-hydrogen) atoms. The summed E-state index contributed by atoms with van der Waals surface area (Å²) in [7, 11) is 1.88. The van der Waals surface area contributed by atoms with Crippen LogP contribution in [0.1, 0.15) is 17.7 Å². The van der Waals surface area contributed by atoms with Crippen molar-refractivity contribution in [2.75, 3.05) is 53.0 Å². The fourth-order valence-corrected chi connectivity index (χ4v) is 4.76. The Morgan fingerprint density at radius 2 is 2.16 bits per heavy atom. The Kier molecular flexibility index (Phi) is 7.34. The molecule has 1 N–H and O–H groups in total. The standard InChI is InChI=1S/C18H27BrN4OS/c1-20-18(21-7-4-15-5-12-24-13-6-15)23-10-8-22(9-11-23)14-16-2-3-17(19)25-16/h2-3,5H,4,6-14H2,1H3,(H,20,21). The molecular weight excluding hydrogens is 400 g/mol. The van der Waals surface area contributed by atoms with Crippen LogP contribution in [0.4, 0.5) is 0 Å². The Balaban J connectivity index is 1.40. The largest absolute Gasteiger partial charge is 0.377 e. The summed E-state index contributed by atoms with van der Waals surface area (Å²) in [6.45, 7) is 7.85. The maximum atomic E-state index is 5.36. The van der Waals surface area contributed by atoms with E-state index in [9.17, 15) is 0 Å². The van der Waals surface area contributed by atoms with Gasteiger partial charge in [0, 0.05) is 51.2 Å². The van der Waals surface area contributed by atoms with Crippen LogP contribution in [0.15, 0.2) is 32.6 Å². The number of hydrogen-bond donors (Lipinski definition) is 1. The first-order chi connectivity index (χ1) is 12.2. The van der Waals surface area contributed by atoms with Gasteiger partial charge in [-0.25, -0.2) is 0 Å². The van der Waals surface area contributed by atoms with Gasteiger partial charge >= 0.3 is 0 Å². The van der Waals surface area contributed by atoms with E-state index in [1.807, 2.05) is 18.4 Å². The third kappa shape index (κ3) is 5.81. The molecule has 0 atom stereocenters. The topological polar surface area (TPSA) is 40.1 Å². The molecular formula is C18H27BrN4OS. The van der Waals surface area contributed by atoms with Gasteiger partial charge in [-0.1, -0.05) is 11.6 Å². The average molecular weight is 427 g/mol. The predicted octanol–water partition coefficient (Wildman–Crippen LogP) is 2.94. The lowest BCUT2D eigenvalue weighted by molar-refractivity contribution is 0.153. The van der Waals surface area contributed by atoms with Crippen LogP contribution in [0.3, 0.4) is 0 Å². The summed E-state index contributed by atoms with van der Waals surface area (Å²) in [5, 5.41) is 3.53. The van der Waals surface area contributed by atoms with Gasteiger partial charge in [-0.15, -0.1) is 11.3 Å². The van der Waals surface area contributed by atoms with Crippen LogP contribution in [0.2, 0.25) is 0 Å². The van der Waals surface area contributed by atoms with Crippen molar-refractivity contribution in [2.24, 2.45) is 4.99 Å². The van der Waals surface area contributed by atoms with Crippen molar-refractivity contribution in [3.8, 4) is 0 Å². The zero-order valence-electron chi connectivity index (χ0n) is 14.8. The van der Waals surface area contributed by atoms with Gasteiger partial charge in [-0.3, -0.25) is 9.89 Å². The fourth-order valence-electron chi connectivity index (χ4n) is 3.23. The van der Waals surface area contributed by atoms with E-state index in [4.69, 9.17) is 4.74 Å². The highest BCUT2D eigenvalue weighted by Gasteiger charge is 2.20. The van der Waals surface area contributed by atoms with Gasteiger partial charge in [-0.05, 0) is 40.9 Å². The van der Waals surface area contributed by atoms with Crippen molar-refractivity contribution >= 4 is 33.2 Å². The summed E-state index contributed by atoms with van der Waals surface area (Å²) >= 11 is 5.37. The zero-order valence-corrected chi connectivity index (χ0v) is 17.2. The van der Waals surface area contributed by atoms with Gasteiger partial charge < -0.3 is 15.0 Å². The molecule has 1 fully saturated rings. The summed E-state index contributed by atoms with van der Waals surface area (Å²) in [6.07, 6.45) is 4.36. The number of aliphatic imine (C=N–C) groups is 1. The molecule has 7 heteroatoms. The maximum Gasteiger partial charge on any atom is 0.193 e. The monoisotopic (exact) mass is 426 g/mol. The molecule has 2 aliphatic rings. The van der Waals surface area contributed by atoms with E-state index < -0.39 is 0 Å². The Hall–Kier alpha value is -0.890. The van der Waals surface area contributed by atoms with Crippen LogP contribution in [-0.2, 0) is 11.3 Å². The molecule has 0 bridgehead atoms. The molecule has 1 saturated heterocycles. The minimum absolute atomic E-state index is 0.771. The van der Waals surface area contributed by atoms with Crippen molar-refractivity contribution < 1.29 is 4.74 Å². The molecule has 1 aromatic rings. The predicted molar refractivity (Wildman–Crippen MR) is 108 cm³/mol. The van der Waals surface area contributed by atoms with E-state index in [0.717, 1.165) is 71.3 Å². The summed E-state index contributed by atoms with van der Waals surface area (Å²) in [6, 6.07) is 4.35. The summed E-state index contributed by atoms with van der Waals surface area (Å²) in [5.41, 5.74) is 1.50. The normalized spacial score (nSPS) is 19.8. The number of halogens is 1. The summed E-state index contributed by atoms with van der Waals surface area (Å²) in [4.78, 5) is 10.8. The molecule has 138 valence electrons. The molecule has 1 aromatic heterocycles. The van der Waals surface area contributed by atoms with Gasteiger partial charge in [0.2, 0.25) is 0 Å². The fraction of sp³-hybridized carbons (Fsp3) is 0.611. The Bertz CT molecular complexity index is 608. The van der Waals surface area contributed by atoms with Crippen LogP contribution < -0.4 is 5.32 Å². The van der Waals surface area contributed by atoms with Crippen molar-refractivity contribution in [3.63, 3.8) is 0 Å². The highest BCUT2D eigenvalue weighted by Crippen LogP contribution is 2.23. The van der Waals surface area contributed by atoms with E-state index >= 15 is 0 Å². The smallest absolute Gasteiger partial charge is 0.193 e. The number of nitrogens with one attached hydrogen (secondary N) is 1. The van der Waals surface area contributed by atoms with Crippen LogP contribution in [0, 0.1) is 0 Å². The van der Waals surface area contributed by atoms with Gasteiger partial charge in [0.05, 0.1) is 17.0 Å². The minimum atomic E-state index is 0.771. The Morgan fingerprint density at radius 3 is 2.80 bits per heavy atom. The van der Waals surface area contributed by atoms with E-state index in [2.05, 4.69) is 54.2 Å².